The average Bonchev–Trinajstić information content (AvgIpc) is 2.64. The van der Waals surface area contributed by atoms with Gasteiger partial charge in [-0.05, 0) is 23.8 Å². The molecule has 1 saturated heterocycles. The van der Waals surface area contributed by atoms with E-state index in [1.54, 1.807) is 0 Å². The predicted molar refractivity (Wildman–Crippen MR) is 90.3 cm³/mol. The minimum absolute atomic E-state index is 0.289. The first-order chi connectivity index (χ1) is 12.1. The summed E-state index contributed by atoms with van der Waals surface area (Å²) in [6.45, 7) is 3.42. The number of ether oxygens (including phenoxy) is 1. The molecule has 2 aromatic rings. The molecule has 0 spiro atoms. The molecule has 3 rings (SSSR count). The van der Waals surface area contributed by atoms with Crippen LogP contribution in [-0.2, 0) is 4.74 Å². The number of carbonyl (C=O) groups is 1. The normalized spacial score (nSPS) is 16.4. The van der Waals surface area contributed by atoms with Gasteiger partial charge in [-0.1, -0.05) is 30.3 Å². The Morgan fingerprint density at radius 3 is 2.56 bits per heavy atom. The second kappa shape index (κ2) is 8.18. The number of rotatable bonds is 5. The molecule has 132 valence electrons. The number of amides is 1. The molecule has 1 aliphatic rings. The van der Waals surface area contributed by atoms with E-state index >= 15 is 0 Å². The fraction of sp³-hybridized carbons (Fsp3) is 0.316. The number of hydrogen-bond acceptors (Lipinski definition) is 3. The minimum atomic E-state index is -0.739. The molecule has 1 amide bonds. The Balaban J connectivity index is 1.79. The smallest absolute Gasteiger partial charge is 0.254 e. The van der Waals surface area contributed by atoms with Crippen LogP contribution in [-0.4, -0.2) is 43.7 Å². The summed E-state index contributed by atoms with van der Waals surface area (Å²) in [5.41, 5.74) is 0.627. The molecule has 1 fully saturated rings. The zero-order valence-electron chi connectivity index (χ0n) is 13.8. The van der Waals surface area contributed by atoms with Crippen molar-refractivity contribution in [2.75, 3.05) is 32.8 Å². The standard InChI is InChI=1S/C19H20F2N2O2/c20-15-6-7-17(21)16(12-15)19(24)22-18(14-4-2-1-3-5-14)13-23-8-10-25-11-9-23/h1-7,12,18H,8-11,13H2,(H,22,24). The number of nitrogens with one attached hydrogen (secondary N) is 1. The number of nitrogens with zero attached hydrogens (tertiary/aromatic N) is 1. The summed E-state index contributed by atoms with van der Waals surface area (Å²) >= 11 is 0. The first-order valence-corrected chi connectivity index (χ1v) is 8.24. The van der Waals surface area contributed by atoms with Gasteiger partial charge < -0.3 is 10.1 Å². The van der Waals surface area contributed by atoms with Gasteiger partial charge in [0.2, 0.25) is 0 Å². The SMILES string of the molecule is O=C(NC(CN1CCOCC1)c1ccccc1)c1cc(F)ccc1F. The third-order valence-electron chi connectivity index (χ3n) is 4.22. The van der Waals surface area contributed by atoms with Crippen molar-refractivity contribution in [3.63, 3.8) is 0 Å². The van der Waals surface area contributed by atoms with Gasteiger partial charge in [0.15, 0.2) is 0 Å². The number of carbonyl (C=O) groups excluding carboxylic acids is 1. The molecular formula is C19H20F2N2O2. The van der Waals surface area contributed by atoms with E-state index in [0.717, 1.165) is 36.9 Å². The zero-order chi connectivity index (χ0) is 17.6. The molecule has 0 aliphatic carbocycles. The van der Waals surface area contributed by atoms with Crippen LogP contribution in [0.1, 0.15) is 22.0 Å². The average molecular weight is 346 g/mol. The molecule has 6 heteroatoms. The van der Waals surface area contributed by atoms with Gasteiger partial charge in [-0.2, -0.15) is 0 Å². The highest BCUT2D eigenvalue weighted by molar-refractivity contribution is 5.94. The van der Waals surface area contributed by atoms with Crippen molar-refractivity contribution >= 4 is 5.91 Å². The van der Waals surface area contributed by atoms with Gasteiger partial charge >= 0.3 is 0 Å². The van der Waals surface area contributed by atoms with E-state index in [9.17, 15) is 13.6 Å². The van der Waals surface area contributed by atoms with E-state index in [4.69, 9.17) is 4.74 Å². The van der Waals surface area contributed by atoms with E-state index in [0.29, 0.717) is 19.8 Å². The summed E-state index contributed by atoms with van der Waals surface area (Å²) in [4.78, 5) is 14.7. The lowest BCUT2D eigenvalue weighted by molar-refractivity contribution is 0.0332. The Bertz CT molecular complexity index is 719. The maximum absolute atomic E-state index is 13.9. The van der Waals surface area contributed by atoms with Gasteiger partial charge in [0, 0.05) is 19.6 Å². The highest BCUT2D eigenvalue weighted by atomic mass is 19.1. The quantitative estimate of drug-likeness (QED) is 0.905. The highest BCUT2D eigenvalue weighted by Crippen LogP contribution is 2.17. The molecule has 1 N–H and O–H groups in total. The fourth-order valence-electron chi connectivity index (χ4n) is 2.87. The Labute approximate surface area is 145 Å². The highest BCUT2D eigenvalue weighted by Gasteiger charge is 2.22. The van der Waals surface area contributed by atoms with Crippen LogP contribution < -0.4 is 5.32 Å². The molecule has 0 saturated carbocycles. The largest absolute Gasteiger partial charge is 0.379 e. The number of benzene rings is 2. The second-order valence-electron chi connectivity index (χ2n) is 5.97. The van der Waals surface area contributed by atoms with Gasteiger partial charge in [-0.3, -0.25) is 9.69 Å². The molecule has 1 heterocycles. The van der Waals surface area contributed by atoms with Crippen molar-refractivity contribution < 1.29 is 18.3 Å². The van der Waals surface area contributed by atoms with Gasteiger partial charge in [-0.15, -0.1) is 0 Å². The summed E-state index contributed by atoms with van der Waals surface area (Å²) in [6.07, 6.45) is 0. The van der Waals surface area contributed by atoms with E-state index in [-0.39, 0.29) is 11.6 Å². The Kier molecular flexibility index (Phi) is 5.73. The lowest BCUT2D eigenvalue weighted by Gasteiger charge is -2.31. The molecule has 25 heavy (non-hydrogen) atoms. The van der Waals surface area contributed by atoms with Gasteiger partial charge in [-0.25, -0.2) is 8.78 Å². The van der Waals surface area contributed by atoms with Crippen LogP contribution in [0, 0.1) is 11.6 Å². The monoisotopic (exact) mass is 346 g/mol. The molecular weight excluding hydrogens is 326 g/mol. The molecule has 0 bridgehead atoms. The number of morpholine rings is 1. The lowest BCUT2D eigenvalue weighted by Crippen LogP contribution is -2.43. The summed E-state index contributed by atoms with van der Waals surface area (Å²) in [5, 5.41) is 2.84. The molecule has 1 unspecified atom stereocenters. The zero-order valence-corrected chi connectivity index (χ0v) is 13.8. The van der Waals surface area contributed by atoms with Crippen molar-refractivity contribution in [1.82, 2.24) is 10.2 Å². The van der Waals surface area contributed by atoms with E-state index in [2.05, 4.69) is 10.2 Å². The molecule has 4 nitrogen and oxygen atoms in total. The van der Waals surface area contributed by atoms with Crippen LogP contribution in [0.2, 0.25) is 0 Å². The van der Waals surface area contributed by atoms with Crippen molar-refractivity contribution in [3.8, 4) is 0 Å². The Hall–Kier alpha value is -2.31. The summed E-state index contributed by atoms with van der Waals surface area (Å²) in [6, 6.07) is 12.0. The van der Waals surface area contributed by atoms with Crippen LogP contribution in [0.15, 0.2) is 48.5 Å². The van der Waals surface area contributed by atoms with Crippen LogP contribution in [0.5, 0.6) is 0 Å². The van der Waals surface area contributed by atoms with Crippen LogP contribution in [0.3, 0.4) is 0 Å². The van der Waals surface area contributed by atoms with Crippen molar-refractivity contribution in [2.45, 2.75) is 6.04 Å². The van der Waals surface area contributed by atoms with Crippen LogP contribution in [0.25, 0.3) is 0 Å². The number of halogens is 2. The van der Waals surface area contributed by atoms with Crippen LogP contribution in [0.4, 0.5) is 8.78 Å². The lowest BCUT2D eigenvalue weighted by atomic mass is 10.0. The summed E-state index contributed by atoms with van der Waals surface area (Å²) in [7, 11) is 0. The summed E-state index contributed by atoms with van der Waals surface area (Å²) < 4.78 is 32.6. The van der Waals surface area contributed by atoms with Gasteiger partial charge in [0.05, 0.1) is 24.8 Å². The molecule has 2 aromatic carbocycles. The van der Waals surface area contributed by atoms with Crippen molar-refractivity contribution in [1.29, 1.82) is 0 Å². The minimum Gasteiger partial charge on any atom is -0.379 e. The van der Waals surface area contributed by atoms with Gasteiger partial charge in [0.1, 0.15) is 11.6 Å². The molecule has 1 aliphatic heterocycles. The maximum atomic E-state index is 13.9. The first kappa shape index (κ1) is 17.5. The van der Waals surface area contributed by atoms with E-state index < -0.39 is 17.5 Å². The van der Waals surface area contributed by atoms with Crippen LogP contribution >= 0.6 is 0 Å². The Morgan fingerprint density at radius 2 is 1.84 bits per heavy atom. The van der Waals surface area contributed by atoms with Crippen molar-refractivity contribution in [2.24, 2.45) is 0 Å². The predicted octanol–water partition coefficient (Wildman–Crippen LogP) is 2.77. The third-order valence-corrected chi connectivity index (χ3v) is 4.22. The molecule has 0 radical (unpaired) electrons. The maximum Gasteiger partial charge on any atom is 0.254 e. The first-order valence-electron chi connectivity index (χ1n) is 8.24. The van der Waals surface area contributed by atoms with E-state index in [1.807, 2.05) is 30.3 Å². The van der Waals surface area contributed by atoms with Crippen molar-refractivity contribution in [3.05, 3.63) is 71.3 Å². The fourth-order valence-corrected chi connectivity index (χ4v) is 2.87. The third kappa shape index (κ3) is 4.61. The van der Waals surface area contributed by atoms with Gasteiger partial charge in [0.25, 0.3) is 5.91 Å². The number of hydrogen-bond donors (Lipinski definition) is 1. The second-order valence-corrected chi connectivity index (χ2v) is 5.97. The Morgan fingerprint density at radius 1 is 1.12 bits per heavy atom. The summed E-state index contributed by atoms with van der Waals surface area (Å²) in [5.74, 6) is -2.01. The van der Waals surface area contributed by atoms with E-state index in [1.165, 1.54) is 0 Å². The molecule has 1 atom stereocenters. The molecule has 0 aromatic heterocycles. The topological polar surface area (TPSA) is 41.6 Å².